The molecule has 0 fully saturated rings. The van der Waals surface area contributed by atoms with Gasteiger partial charge in [0.05, 0.1) is 0 Å². The van der Waals surface area contributed by atoms with Gasteiger partial charge in [0.2, 0.25) is 0 Å². The highest BCUT2D eigenvalue weighted by Gasteiger charge is 2.18. The van der Waals surface area contributed by atoms with Crippen LogP contribution in [0.25, 0.3) is 0 Å². The first kappa shape index (κ1) is 9.40. The Morgan fingerprint density at radius 1 is 1.46 bits per heavy atom. The lowest BCUT2D eigenvalue weighted by Gasteiger charge is -2.22. The first-order chi connectivity index (χ1) is 6.18. The van der Waals surface area contributed by atoms with Gasteiger partial charge in [0.15, 0.2) is 0 Å². The summed E-state index contributed by atoms with van der Waals surface area (Å²) in [6.07, 6.45) is 3.14. The summed E-state index contributed by atoms with van der Waals surface area (Å²) in [4.78, 5) is 0. The summed E-state index contributed by atoms with van der Waals surface area (Å²) < 4.78 is 13.9. The Labute approximate surface area is 90.7 Å². The molecular weight excluding hydrogens is 280 g/mol. The molecule has 0 bridgehead atoms. The van der Waals surface area contributed by atoms with Gasteiger partial charge in [-0.15, -0.1) is 0 Å². The molecule has 1 aromatic carbocycles. The van der Waals surface area contributed by atoms with Crippen molar-refractivity contribution in [2.75, 3.05) is 0 Å². The molecule has 1 nitrogen and oxygen atoms in total. The molecule has 1 unspecified atom stereocenters. The van der Waals surface area contributed by atoms with E-state index in [0.717, 1.165) is 24.8 Å². The van der Waals surface area contributed by atoms with Gasteiger partial charge in [-0.3, -0.25) is 0 Å². The summed E-state index contributed by atoms with van der Waals surface area (Å²) in [5.74, 6) is -0.142. The van der Waals surface area contributed by atoms with E-state index in [1.54, 1.807) is 6.07 Å². The van der Waals surface area contributed by atoms with E-state index in [1.165, 1.54) is 5.56 Å². The fourth-order valence-corrected chi connectivity index (χ4v) is 2.36. The van der Waals surface area contributed by atoms with Crippen LogP contribution in [0.4, 0.5) is 4.39 Å². The molecule has 0 heterocycles. The normalized spacial score (nSPS) is 21.3. The second-order valence-electron chi connectivity index (χ2n) is 3.46. The van der Waals surface area contributed by atoms with Crippen LogP contribution in [0.5, 0.6) is 0 Å². The quantitative estimate of drug-likeness (QED) is 0.731. The Bertz CT molecular complexity index is 338. The number of fused-ring (bicyclic) bond motifs is 1. The molecule has 0 saturated heterocycles. The minimum absolute atomic E-state index is 0.0373. The van der Waals surface area contributed by atoms with Crippen molar-refractivity contribution in [2.24, 2.45) is 5.73 Å². The van der Waals surface area contributed by atoms with E-state index >= 15 is 0 Å². The van der Waals surface area contributed by atoms with E-state index in [2.05, 4.69) is 0 Å². The number of benzene rings is 1. The van der Waals surface area contributed by atoms with Gasteiger partial charge in [0.1, 0.15) is 5.82 Å². The van der Waals surface area contributed by atoms with Crippen LogP contribution in [-0.4, -0.2) is 0 Å². The molecule has 0 spiro atoms. The van der Waals surface area contributed by atoms with Crippen molar-refractivity contribution in [3.63, 3.8) is 0 Å². The molecule has 2 N–H and O–H groups in total. The second-order valence-corrected chi connectivity index (χ2v) is 4.63. The molecule has 1 aliphatic carbocycles. The number of halogens is 2. The van der Waals surface area contributed by atoms with Crippen molar-refractivity contribution in [1.82, 2.24) is 0 Å². The molecule has 70 valence electrons. The van der Waals surface area contributed by atoms with Gasteiger partial charge in [-0.05, 0) is 65.1 Å². The van der Waals surface area contributed by atoms with Crippen LogP contribution in [0, 0.1) is 9.39 Å². The van der Waals surface area contributed by atoms with E-state index in [4.69, 9.17) is 5.73 Å². The van der Waals surface area contributed by atoms with Gasteiger partial charge in [0, 0.05) is 9.61 Å². The predicted octanol–water partition coefficient (Wildman–Crippen LogP) is 2.77. The SMILES string of the molecule is NC1CCCc2cc(I)c(F)cc21. The number of hydrogen-bond donors (Lipinski definition) is 1. The highest BCUT2D eigenvalue weighted by Crippen LogP contribution is 2.30. The topological polar surface area (TPSA) is 26.0 Å². The average Bonchev–Trinajstić information content (AvgIpc) is 2.09. The smallest absolute Gasteiger partial charge is 0.136 e. The summed E-state index contributed by atoms with van der Waals surface area (Å²) in [7, 11) is 0. The van der Waals surface area contributed by atoms with E-state index in [9.17, 15) is 4.39 Å². The molecule has 1 aliphatic rings. The maximum atomic E-state index is 13.2. The zero-order valence-electron chi connectivity index (χ0n) is 7.19. The first-order valence-electron chi connectivity index (χ1n) is 4.42. The highest BCUT2D eigenvalue weighted by molar-refractivity contribution is 14.1. The fraction of sp³-hybridized carbons (Fsp3) is 0.400. The van der Waals surface area contributed by atoms with Crippen LogP contribution in [0.1, 0.15) is 30.0 Å². The van der Waals surface area contributed by atoms with Gasteiger partial charge < -0.3 is 5.73 Å². The van der Waals surface area contributed by atoms with Crippen LogP contribution in [0.15, 0.2) is 12.1 Å². The average molecular weight is 291 g/mol. The highest BCUT2D eigenvalue weighted by atomic mass is 127. The third kappa shape index (κ3) is 1.72. The minimum Gasteiger partial charge on any atom is -0.324 e. The van der Waals surface area contributed by atoms with E-state index in [-0.39, 0.29) is 11.9 Å². The van der Waals surface area contributed by atoms with Gasteiger partial charge in [-0.25, -0.2) is 4.39 Å². The Balaban J connectivity index is 2.52. The lowest BCUT2D eigenvalue weighted by Crippen LogP contribution is -2.17. The van der Waals surface area contributed by atoms with Crippen LogP contribution < -0.4 is 5.73 Å². The van der Waals surface area contributed by atoms with E-state index in [1.807, 2.05) is 28.7 Å². The summed E-state index contributed by atoms with van der Waals surface area (Å²) in [6, 6.07) is 3.56. The van der Waals surface area contributed by atoms with Crippen LogP contribution >= 0.6 is 22.6 Å². The monoisotopic (exact) mass is 291 g/mol. The van der Waals surface area contributed by atoms with Crippen LogP contribution in [0.3, 0.4) is 0 Å². The molecule has 0 aliphatic heterocycles. The van der Waals surface area contributed by atoms with Crippen molar-refractivity contribution in [3.05, 3.63) is 32.6 Å². The van der Waals surface area contributed by atoms with Gasteiger partial charge in [-0.1, -0.05) is 0 Å². The van der Waals surface area contributed by atoms with Crippen molar-refractivity contribution in [1.29, 1.82) is 0 Å². The zero-order chi connectivity index (χ0) is 9.42. The molecule has 0 saturated carbocycles. The molecule has 0 aromatic heterocycles. The standard InChI is InChI=1S/C10H11FIN/c11-8-5-7-6(4-9(8)12)2-1-3-10(7)13/h4-5,10H,1-3,13H2. The maximum Gasteiger partial charge on any atom is 0.136 e. The minimum atomic E-state index is -0.142. The van der Waals surface area contributed by atoms with E-state index < -0.39 is 0 Å². The van der Waals surface area contributed by atoms with Gasteiger partial charge in [-0.2, -0.15) is 0 Å². The molecule has 13 heavy (non-hydrogen) atoms. The fourth-order valence-electron chi connectivity index (χ4n) is 1.83. The molecular formula is C10H11FIN. The van der Waals surface area contributed by atoms with Crippen molar-refractivity contribution in [2.45, 2.75) is 25.3 Å². The van der Waals surface area contributed by atoms with E-state index in [0.29, 0.717) is 3.57 Å². The van der Waals surface area contributed by atoms with Gasteiger partial charge in [0.25, 0.3) is 0 Å². The molecule has 2 rings (SSSR count). The van der Waals surface area contributed by atoms with Gasteiger partial charge >= 0.3 is 0 Å². The van der Waals surface area contributed by atoms with Crippen molar-refractivity contribution >= 4 is 22.6 Å². The molecule has 0 radical (unpaired) electrons. The first-order valence-corrected chi connectivity index (χ1v) is 5.50. The number of rotatable bonds is 0. The van der Waals surface area contributed by atoms with Crippen molar-refractivity contribution in [3.8, 4) is 0 Å². The zero-order valence-corrected chi connectivity index (χ0v) is 9.34. The summed E-state index contributed by atoms with van der Waals surface area (Å²) in [5, 5.41) is 0. The third-order valence-corrected chi connectivity index (χ3v) is 3.37. The maximum absolute atomic E-state index is 13.2. The Morgan fingerprint density at radius 2 is 2.23 bits per heavy atom. The Kier molecular flexibility index (Phi) is 2.55. The number of aryl methyl sites for hydroxylation is 1. The third-order valence-electron chi connectivity index (χ3n) is 2.54. The van der Waals surface area contributed by atoms with Crippen LogP contribution in [-0.2, 0) is 6.42 Å². The summed E-state index contributed by atoms with van der Waals surface area (Å²) in [6.45, 7) is 0. The lowest BCUT2D eigenvalue weighted by atomic mass is 9.88. The molecule has 1 atom stereocenters. The number of nitrogens with two attached hydrogens (primary N) is 1. The number of hydrogen-bond acceptors (Lipinski definition) is 1. The molecule has 0 amide bonds. The summed E-state index contributed by atoms with van der Waals surface area (Å²) in [5.41, 5.74) is 8.13. The Hall–Kier alpha value is -0.160. The summed E-state index contributed by atoms with van der Waals surface area (Å²) >= 11 is 2.02. The molecule has 1 aromatic rings. The predicted molar refractivity (Wildman–Crippen MR) is 59.0 cm³/mol. The lowest BCUT2D eigenvalue weighted by molar-refractivity contribution is 0.555. The molecule has 3 heteroatoms. The largest absolute Gasteiger partial charge is 0.324 e. The van der Waals surface area contributed by atoms with Crippen molar-refractivity contribution < 1.29 is 4.39 Å². The van der Waals surface area contributed by atoms with Crippen LogP contribution in [0.2, 0.25) is 0 Å². The Morgan fingerprint density at radius 3 is 3.00 bits per heavy atom. The second kappa shape index (κ2) is 3.53.